The first-order chi connectivity index (χ1) is 9.11. The quantitative estimate of drug-likeness (QED) is 0.778. The highest BCUT2D eigenvalue weighted by Crippen LogP contribution is 2.17. The molecule has 0 radical (unpaired) electrons. The van der Waals surface area contributed by atoms with Crippen LogP contribution in [0, 0.1) is 0 Å². The third-order valence-electron chi connectivity index (χ3n) is 3.44. The molecular formula is C14H21N3O2. The molecule has 2 amide bonds. The molecule has 1 aliphatic rings. The number of amides is 2. The third kappa shape index (κ3) is 3.86. The fraction of sp³-hybridized carbons (Fsp3) is 0.500. The Morgan fingerprint density at radius 1 is 1.42 bits per heavy atom. The van der Waals surface area contributed by atoms with Crippen LogP contribution in [0.2, 0.25) is 0 Å². The van der Waals surface area contributed by atoms with Crippen LogP contribution < -0.4 is 20.7 Å². The summed E-state index contributed by atoms with van der Waals surface area (Å²) in [6.07, 6.45) is 2.26. The van der Waals surface area contributed by atoms with Gasteiger partial charge in [-0.2, -0.15) is 0 Å². The summed E-state index contributed by atoms with van der Waals surface area (Å²) < 4.78 is 5.07. The van der Waals surface area contributed by atoms with E-state index in [1.165, 1.54) is 0 Å². The second kappa shape index (κ2) is 5.93. The summed E-state index contributed by atoms with van der Waals surface area (Å²) >= 11 is 0. The predicted molar refractivity (Wildman–Crippen MR) is 75.7 cm³/mol. The standard InChI is InChI=1S/C14H21N3O2/c1-14(8-3-9-16-14)10-15-13(18)17-11-4-6-12(19-2)7-5-11/h4-7,16H,3,8-10H2,1-2H3,(H2,15,17,18). The lowest BCUT2D eigenvalue weighted by atomic mass is 10.0. The van der Waals surface area contributed by atoms with E-state index in [1.807, 2.05) is 24.3 Å². The van der Waals surface area contributed by atoms with E-state index in [0.29, 0.717) is 6.54 Å². The molecule has 1 unspecified atom stereocenters. The van der Waals surface area contributed by atoms with Crippen molar-refractivity contribution in [3.8, 4) is 5.75 Å². The third-order valence-corrected chi connectivity index (χ3v) is 3.44. The molecular weight excluding hydrogens is 242 g/mol. The van der Waals surface area contributed by atoms with Gasteiger partial charge in [-0.25, -0.2) is 4.79 Å². The van der Waals surface area contributed by atoms with E-state index in [1.54, 1.807) is 7.11 Å². The molecule has 1 heterocycles. The van der Waals surface area contributed by atoms with E-state index in [2.05, 4.69) is 22.9 Å². The van der Waals surface area contributed by atoms with E-state index < -0.39 is 0 Å². The average Bonchev–Trinajstić information content (AvgIpc) is 2.85. The van der Waals surface area contributed by atoms with E-state index >= 15 is 0 Å². The summed E-state index contributed by atoms with van der Waals surface area (Å²) in [5.41, 5.74) is 0.778. The average molecular weight is 263 g/mol. The van der Waals surface area contributed by atoms with Crippen molar-refractivity contribution in [2.75, 3.05) is 25.5 Å². The van der Waals surface area contributed by atoms with Crippen LogP contribution in [-0.2, 0) is 0 Å². The maximum Gasteiger partial charge on any atom is 0.319 e. The van der Waals surface area contributed by atoms with Crippen molar-refractivity contribution in [3.63, 3.8) is 0 Å². The number of rotatable bonds is 4. The van der Waals surface area contributed by atoms with Gasteiger partial charge in [0, 0.05) is 17.8 Å². The highest BCUT2D eigenvalue weighted by molar-refractivity contribution is 5.89. The Labute approximate surface area is 113 Å². The molecule has 1 atom stereocenters. The van der Waals surface area contributed by atoms with Gasteiger partial charge < -0.3 is 20.7 Å². The molecule has 5 heteroatoms. The zero-order valence-corrected chi connectivity index (χ0v) is 11.5. The van der Waals surface area contributed by atoms with Crippen molar-refractivity contribution in [2.45, 2.75) is 25.3 Å². The minimum atomic E-state index is -0.180. The van der Waals surface area contributed by atoms with Crippen molar-refractivity contribution < 1.29 is 9.53 Å². The summed E-state index contributed by atoms with van der Waals surface area (Å²) in [6, 6.07) is 7.08. The number of hydrogen-bond donors (Lipinski definition) is 3. The maximum atomic E-state index is 11.8. The van der Waals surface area contributed by atoms with Gasteiger partial charge in [-0.05, 0) is 50.6 Å². The Kier molecular flexibility index (Phi) is 4.27. The molecule has 0 aromatic heterocycles. The molecule has 2 rings (SSSR count). The molecule has 1 aromatic rings. The molecule has 1 saturated heterocycles. The largest absolute Gasteiger partial charge is 0.497 e. The van der Waals surface area contributed by atoms with Crippen LogP contribution in [0.3, 0.4) is 0 Å². The Morgan fingerprint density at radius 3 is 2.74 bits per heavy atom. The number of urea groups is 1. The molecule has 0 aliphatic carbocycles. The van der Waals surface area contributed by atoms with Crippen LogP contribution in [0.25, 0.3) is 0 Å². The van der Waals surface area contributed by atoms with Crippen molar-refractivity contribution in [1.29, 1.82) is 0 Å². The second-order valence-electron chi connectivity index (χ2n) is 5.13. The van der Waals surface area contributed by atoms with Crippen LogP contribution in [0.15, 0.2) is 24.3 Å². The van der Waals surface area contributed by atoms with Gasteiger partial charge in [0.15, 0.2) is 0 Å². The number of benzene rings is 1. The van der Waals surface area contributed by atoms with Gasteiger partial charge in [0.2, 0.25) is 0 Å². The first-order valence-corrected chi connectivity index (χ1v) is 6.55. The monoisotopic (exact) mass is 263 g/mol. The number of carbonyl (C=O) groups excluding carboxylic acids is 1. The molecule has 104 valence electrons. The minimum absolute atomic E-state index is 0.0250. The molecule has 1 fully saturated rings. The summed E-state index contributed by atoms with van der Waals surface area (Å²) in [5.74, 6) is 0.772. The first kappa shape index (κ1) is 13.7. The van der Waals surface area contributed by atoms with Gasteiger partial charge in [0.25, 0.3) is 0 Å². The van der Waals surface area contributed by atoms with Gasteiger partial charge in [-0.3, -0.25) is 0 Å². The van der Waals surface area contributed by atoms with Gasteiger partial charge >= 0.3 is 6.03 Å². The predicted octanol–water partition coefficient (Wildman–Crippen LogP) is 1.96. The minimum Gasteiger partial charge on any atom is -0.497 e. The summed E-state index contributed by atoms with van der Waals surface area (Å²) in [5, 5.41) is 9.11. The lowest BCUT2D eigenvalue weighted by molar-refractivity contribution is 0.248. The van der Waals surface area contributed by atoms with Crippen LogP contribution in [-0.4, -0.2) is 31.8 Å². The van der Waals surface area contributed by atoms with Gasteiger partial charge in [0.05, 0.1) is 7.11 Å². The number of carbonyl (C=O) groups is 1. The van der Waals surface area contributed by atoms with E-state index in [9.17, 15) is 4.79 Å². The van der Waals surface area contributed by atoms with Crippen LogP contribution in [0.5, 0.6) is 5.75 Å². The van der Waals surface area contributed by atoms with E-state index in [0.717, 1.165) is 30.8 Å². The summed E-state index contributed by atoms with van der Waals surface area (Å²) in [4.78, 5) is 11.8. The fourth-order valence-corrected chi connectivity index (χ4v) is 2.23. The van der Waals surface area contributed by atoms with Crippen LogP contribution in [0.1, 0.15) is 19.8 Å². The lowest BCUT2D eigenvalue weighted by Gasteiger charge is -2.24. The van der Waals surface area contributed by atoms with Crippen molar-refractivity contribution in [1.82, 2.24) is 10.6 Å². The molecule has 0 spiro atoms. The van der Waals surface area contributed by atoms with E-state index in [-0.39, 0.29) is 11.6 Å². The van der Waals surface area contributed by atoms with Crippen molar-refractivity contribution >= 4 is 11.7 Å². The molecule has 0 bridgehead atoms. The highest BCUT2D eigenvalue weighted by atomic mass is 16.5. The van der Waals surface area contributed by atoms with Gasteiger partial charge in [-0.1, -0.05) is 0 Å². The molecule has 0 saturated carbocycles. The zero-order chi connectivity index (χ0) is 13.7. The molecule has 5 nitrogen and oxygen atoms in total. The van der Waals surface area contributed by atoms with Crippen LogP contribution in [0.4, 0.5) is 10.5 Å². The summed E-state index contributed by atoms with van der Waals surface area (Å²) in [6.45, 7) is 3.79. The highest BCUT2D eigenvalue weighted by Gasteiger charge is 2.28. The first-order valence-electron chi connectivity index (χ1n) is 6.55. The topological polar surface area (TPSA) is 62.4 Å². The van der Waals surface area contributed by atoms with Crippen molar-refractivity contribution in [3.05, 3.63) is 24.3 Å². The number of nitrogens with one attached hydrogen (secondary N) is 3. The Hall–Kier alpha value is -1.75. The molecule has 3 N–H and O–H groups in total. The SMILES string of the molecule is COc1ccc(NC(=O)NCC2(C)CCCN2)cc1. The fourth-order valence-electron chi connectivity index (χ4n) is 2.23. The molecule has 1 aliphatic heterocycles. The summed E-state index contributed by atoms with van der Waals surface area (Å²) in [7, 11) is 1.62. The molecule has 1 aromatic carbocycles. The molecule has 19 heavy (non-hydrogen) atoms. The van der Waals surface area contributed by atoms with Gasteiger partial charge in [-0.15, -0.1) is 0 Å². The van der Waals surface area contributed by atoms with E-state index in [4.69, 9.17) is 4.74 Å². The number of methoxy groups -OCH3 is 1. The number of hydrogen-bond acceptors (Lipinski definition) is 3. The Morgan fingerprint density at radius 2 is 2.16 bits per heavy atom. The smallest absolute Gasteiger partial charge is 0.319 e. The van der Waals surface area contributed by atoms with Gasteiger partial charge in [0.1, 0.15) is 5.75 Å². The Balaban J connectivity index is 1.80. The second-order valence-corrected chi connectivity index (χ2v) is 5.13. The number of anilines is 1. The number of ether oxygens (including phenoxy) is 1. The lowest BCUT2D eigenvalue weighted by Crippen LogP contribution is -2.48. The van der Waals surface area contributed by atoms with Crippen LogP contribution >= 0.6 is 0 Å². The normalized spacial score (nSPS) is 22.0. The van der Waals surface area contributed by atoms with Crippen molar-refractivity contribution in [2.24, 2.45) is 0 Å². The maximum absolute atomic E-state index is 11.8. The zero-order valence-electron chi connectivity index (χ0n) is 11.5. The Bertz CT molecular complexity index is 425.